The summed E-state index contributed by atoms with van der Waals surface area (Å²) < 4.78 is 2.22. The van der Waals surface area contributed by atoms with Crippen LogP contribution in [-0.4, -0.2) is 4.57 Å². The Morgan fingerprint density at radius 1 is 0.938 bits per heavy atom. The zero-order chi connectivity index (χ0) is 11.8. The first-order chi connectivity index (χ1) is 7.47. The lowest BCUT2D eigenvalue weighted by Crippen LogP contribution is -2.19. The molecule has 0 aliphatic heterocycles. The lowest BCUT2D eigenvalue weighted by molar-refractivity contribution is 0.398. The second kappa shape index (κ2) is 3.99. The van der Waals surface area contributed by atoms with Crippen LogP contribution in [0.15, 0.2) is 42.7 Å². The standard InChI is InChI=1S/C14H16ClN/c1-14(2,3)16-9-8-12(10-16)11-4-6-13(15)7-5-11/h4-10H,1-3H3. The Kier molecular flexibility index (Phi) is 2.81. The smallest absolute Gasteiger partial charge is 0.0406 e. The third kappa shape index (κ3) is 2.30. The number of hydrogen-bond donors (Lipinski definition) is 0. The molecule has 0 saturated carbocycles. The van der Waals surface area contributed by atoms with Crippen LogP contribution < -0.4 is 0 Å². The molecule has 1 aromatic heterocycles. The van der Waals surface area contributed by atoms with Crippen molar-refractivity contribution in [1.82, 2.24) is 4.57 Å². The molecule has 2 rings (SSSR count). The lowest BCUT2D eigenvalue weighted by atomic mass is 10.1. The monoisotopic (exact) mass is 233 g/mol. The van der Waals surface area contributed by atoms with Gasteiger partial charge in [0.15, 0.2) is 0 Å². The molecular weight excluding hydrogens is 218 g/mol. The first-order valence-corrected chi connectivity index (χ1v) is 5.79. The third-order valence-corrected chi connectivity index (χ3v) is 2.90. The van der Waals surface area contributed by atoms with Gasteiger partial charge in [-0.05, 0) is 50.1 Å². The van der Waals surface area contributed by atoms with Crippen molar-refractivity contribution < 1.29 is 0 Å². The minimum absolute atomic E-state index is 0.130. The molecule has 2 aromatic rings. The van der Waals surface area contributed by atoms with E-state index in [0.29, 0.717) is 0 Å². The van der Waals surface area contributed by atoms with Crippen molar-refractivity contribution in [3.63, 3.8) is 0 Å². The maximum absolute atomic E-state index is 5.87. The summed E-state index contributed by atoms with van der Waals surface area (Å²) in [5, 5.41) is 0.777. The Bertz CT molecular complexity index is 474. The number of rotatable bonds is 1. The van der Waals surface area contributed by atoms with Crippen molar-refractivity contribution in [1.29, 1.82) is 0 Å². The van der Waals surface area contributed by atoms with Gasteiger partial charge in [-0.2, -0.15) is 0 Å². The molecular formula is C14H16ClN. The Morgan fingerprint density at radius 2 is 1.56 bits per heavy atom. The summed E-state index contributed by atoms with van der Waals surface area (Å²) in [7, 11) is 0. The quantitative estimate of drug-likeness (QED) is 0.680. The SMILES string of the molecule is CC(C)(C)n1ccc(-c2ccc(Cl)cc2)c1. The van der Waals surface area contributed by atoms with E-state index in [1.807, 2.05) is 24.3 Å². The molecule has 16 heavy (non-hydrogen) atoms. The molecule has 0 radical (unpaired) electrons. The van der Waals surface area contributed by atoms with Crippen molar-refractivity contribution in [2.24, 2.45) is 0 Å². The predicted molar refractivity (Wildman–Crippen MR) is 69.9 cm³/mol. The van der Waals surface area contributed by atoms with E-state index in [1.54, 1.807) is 0 Å². The van der Waals surface area contributed by atoms with E-state index in [4.69, 9.17) is 11.6 Å². The minimum atomic E-state index is 0.130. The Balaban J connectivity index is 2.35. The number of nitrogens with zero attached hydrogens (tertiary/aromatic N) is 1. The molecule has 2 heteroatoms. The predicted octanol–water partition coefficient (Wildman–Crippen LogP) is 4.56. The molecule has 0 N–H and O–H groups in total. The highest BCUT2D eigenvalue weighted by molar-refractivity contribution is 6.30. The number of aromatic nitrogens is 1. The fourth-order valence-electron chi connectivity index (χ4n) is 1.63. The molecule has 0 spiro atoms. The molecule has 1 nitrogen and oxygen atoms in total. The molecule has 1 heterocycles. The topological polar surface area (TPSA) is 4.93 Å². The summed E-state index contributed by atoms with van der Waals surface area (Å²) in [5.41, 5.74) is 2.56. The summed E-state index contributed by atoms with van der Waals surface area (Å²) >= 11 is 5.87. The fraction of sp³-hybridized carbons (Fsp3) is 0.286. The zero-order valence-electron chi connectivity index (χ0n) is 9.87. The minimum Gasteiger partial charge on any atom is -0.348 e. The van der Waals surface area contributed by atoms with E-state index in [-0.39, 0.29) is 5.54 Å². The van der Waals surface area contributed by atoms with Crippen LogP contribution in [0.5, 0.6) is 0 Å². The van der Waals surface area contributed by atoms with Gasteiger partial charge in [0, 0.05) is 23.0 Å². The number of benzene rings is 1. The van der Waals surface area contributed by atoms with Crippen LogP contribution in [0.3, 0.4) is 0 Å². The summed E-state index contributed by atoms with van der Waals surface area (Å²) in [6.07, 6.45) is 4.28. The first kappa shape index (κ1) is 11.3. The summed E-state index contributed by atoms with van der Waals surface area (Å²) in [4.78, 5) is 0. The van der Waals surface area contributed by atoms with E-state index >= 15 is 0 Å². The molecule has 0 bridgehead atoms. The molecule has 0 aliphatic rings. The van der Waals surface area contributed by atoms with Crippen molar-refractivity contribution in [3.05, 3.63) is 47.7 Å². The average molecular weight is 234 g/mol. The second-order valence-electron chi connectivity index (χ2n) is 4.99. The van der Waals surface area contributed by atoms with E-state index in [0.717, 1.165) is 5.02 Å². The van der Waals surface area contributed by atoms with Gasteiger partial charge in [-0.3, -0.25) is 0 Å². The van der Waals surface area contributed by atoms with Gasteiger partial charge in [-0.15, -0.1) is 0 Å². The normalized spacial score (nSPS) is 11.8. The maximum Gasteiger partial charge on any atom is 0.0406 e. The Labute approximate surface area is 102 Å². The van der Waals surface area contributed by atoms with Gasteiger partial charge in [0.25, 0.3) is 0 Å². The molecule has 84 valence electrons. The third-order valence-electron chi connectivity index (χ3n) is 2.65. The zero-order valence-corrected chi connectivity index (χ0v) is 10.6. The van der Waals surface area contributed by atoms with E-state index in [1.165, 1.54) is 11.1 Å². The van der Waals surface area contributed by atoms with Crippen molar-refractivity contribution in [3.8, 4) is 11.1 Å². The van der Waals surface area contributed by atoms with Gasteiger partial charge in [0.1, 0.15) is 0 Å². The van der Waals surface area contributed by atoms with Gasteiger partial charge in [0.05, 0.1) is 0 Å². The van der Waals surface area contributed by atoms with Crippen LogP contribution in [0.2, 0.25) is 5.02 Å². The Hall–Kier alpha value is -1.21. The largest absolute Gasteiger partial charge is 0.348 e. The number of hydrogen-bond acceptors (Lipinski definition) is 0. The van der Waals surface area contributed by atoms with Crippen LogP contribution in [0.1, 0.15) is 20.8 Å². The highest BCUT2D eigenvalue weighted by Gasteiger charge is 2.12. The summed E-state index contributed by atoms with van der Waals surface area (Å²) in [5.74, 6) is 0. The van der Waals surface area contributed by atoms with E-state index < -0.39 is 0 Å². The van der Waals surface area contributed by atoms with E-state index in [2.05, 4.69) is 43.8 Å². The lowest BCUT2D eigenvalue weighted by Gasteiger charge is -2.20. The Morgan fingerprint density at radius 3 is 2.06 bits per heavy atom. The molecule has 0 fully saturated rings. The fourth-order valence-corrected chi connectivity index (χ4v) is 1.75. The highest BCUT2D eigenvalue weighted by atomic mass is 35.5. The highest BCUT2D eigenvalue weighted by Crippen LogP contribution is 2.24. The molecule has 0 aliphatic carbocycles. The van der Waals surface area contributed by atoms with Gasteiger partial charge in [-0.1, -0.05) is 23.7 Å². The molecule has 1 aromatic carbocycles. The second-order valence-corrected chi connectivity index (χ2v) is 5.42. The van der Waals surface area contributed by atoms with Gasteiger partial charge in [0.2, 0.25) is 0 Å². The van der Waals surface area contributed by atoms with Crippen LogP contribution >= 0.6 is 11.6 Å². The average Bonchev–Trinajstić information content (AvgIpc) is 2.67. The first-order valence-electron chi connectivity index (χ1n) is 5.41. The van der Waals surface area contributed by atoms with Crippen LogP contribution in [0.4, 0.5) is 0 Å². The van der Waals surface area contributed by atoms with Crippen molar-refractivity contribution in [2.75, 3.05) is 0 Å². The van der Waals surface area contributed by atoms with Crippen LogP contribution in [0, 0.1) is 0 Å². The molecule has 0 atom stereocenters. The van der Waals surface area contributed by atoms with Gasteiger partial charge in [-0.25, -0.2) is 0 Å². The van der Waals surface area contributed by atoms with Gasteiger partial charge < -0.3 is 4.57 Å². The van der Waals surface area contributed by atoms with Crippen LogP contribution in [0.25, 0.3) is 11.1 Å². The number of halogens is 1. The molecule has 0 amide bonds. The summed E-state index contributed by atoms with van der Waals surface area (Å²) in [6, 6.07) is 10.1. The van der Waals surface area contributed by atoms with Crippen molar-refractivity contribution in [2.45, 2.75) is 26.3 Å². The summed E-state index contributed by atoms with van der Waals surface area (Å²) in [6.45, 7) is 6.58. The van der Waals surface area contributed by atoms with Crippen LogP contribution in [-0.2, 0) is 5.54 Å². The van der Waals surface area contributed by atoms with Crippen molar-refractivity contribution >= 4 is 11.6 Å². The molecule has 0 unspecified atom stereocenters. The van der Waals surface area contributed by atoms with E-state index in [9.17, 15) is 0 Å². The molecule has 0 saturated heterocycles. The van der Waals surface area contributed by atoms with Gasteiger partial charge >= 0.3 is 0 Å². The maximum atomic E-state index is 5.87.